The monoisotopic (exact) mass is 356 g/mol. The minimum absolute atomic E-state index is 0.0729. The molecular formula is C21H32N2OSi. The number of hydrogen-bond acceptors (Lipinski definition) is 3. The summed E-state index contributed by atoms with van der Waals surface area (Å²) in [6.45, 7) is 11.0. The summed E-state index contributed by atoms with van der Waals surface area (Å²) in [7, 11) is 4.18. The van der Waals surface area contributed by atoms with Gasteiger partial charge < -0.3 is 14.6 Å². The van der Waals surface area contributed by atoms with Gasteiger partial charge in [0.05, 0.1) is 0 Å². The van der Waals surface area contributed by atoms with Gasteiger partial charge in [0.15, 0.2) is 8.24 Å². The van der Waals surface area contributed by atoms with Crippen molar-refractivity contribution in [2.24, 2.45) is 0 Å². The van der Waals surface area contributed by atoms with Crippen molar-refractivity contribution in [2.75, 3.05) is 30.6 Å². The van der Waals surface area contributed by atoms with Gasteiger partial charge >= 0.3 is 0 Å². The SMILES string of the molecule is CN(C)c1ccc(N(C)[Si](C)(C)c2cccc(C(C)(C)C)c2O)cc1. The molecule has 0 fully saturated rings. The summed E-state index contributed by atoms with van der Waals surface area (Å²) in [4.78, 5) is 2.10. The Bertz CT molecular complexity index is 731. The first-order valence-corrected chi connectivity index (χ1v) is 11.7. The molecule has 0 atom stereocenters. The topological polar surface area (TPSA) is 26.7 Å². The summed E-state index contributed by atoms with van der Waals surface area (Å²) in [5.74, 6) is 0.462. The van der Waals surface area contributed by atoms with Gasteiger partial charge in [-0.05, 0) is 55.4 Å². The van der Waals surface area contributed by atoms with Gasteiger partial charge in [0.25, 0.3) is 0 Å². The van der Waals surface area contributed by atoms with E-state index in [1.807, 2.05) is 20.2 Å². The molecule has 4 heteroatoms. The number of hydrogen-bond donors (Lipinski definition) is 1. The molecule has 0 spiro atoms. The quantitative estimate of drug-likeness (QED) is 0.827. The molecule has 0 bridgehead atoms. The van der Waals surface area contributed by atoms with Gasteiger partial charge in [-0.2, -0.15) is 0 Å². The Labute approximate surface area is 154 Å². The molecule has 2 rings (SSSR count). The number of phenols is 1. The van der Waals surface area contributed by atoms with Gasteiger partial charge in [0.1, 0.15) is 5.75 Å². The van der Waals surface area contributed by atoms with Crippen LogP contribution in [0, 0.1) is 0 Å². The predicted molar refractivity (Wildman–Crippen MR) is 113 cm³/mol. The predicted octanol–water partition coefficient (Wildman–Crippen LogP) is 4.30. The summed E-state index contributed by atoms with van der Waals surface area (Å²) < 4.78 is 2.36. The highest BCUT2D eigenvalue weighted by Crippen LogP contribution is 2.32. The standard InChI is InChI=1S/C21H32N2OSi/c1-21(2,3)18-10-9-11-19(20(18)24)25(7,8)23(6)17-14-12-16(13-15-17)22(4)5/h9-15,24H,1-8H3. The molecule has 0 aliphatic rings. The number of nitrogens with zero attached hydrogens (tertiary/aromatic N) is 2. The van der Waals surface area contributed by atoms with Crippen molar-refractivity contribution in [1.29, 1.82) is 0 Å². The highest BCUT2D eigenvalue weighted by Gasteiger charge is 2.34. The second-order valence-electron chi connectivity index (χ2n) is 8.48. The lowest BCUT2D eigenvalue weighted by Crippen LogP contribution is -2.56. The van der Waals surface area contributed by atoms with Crippen LogP contribution in [0.25, 0.3) is 0 Å². The zero-order valence-corrected chi connectivity index (χ0v) is 17.9. The maximum Gasteiger partial charge on any atom is 0.185 e. The second-order valence-corrected chi connectivity index (χ2v) is 12.8. The van der Waals surface area contributed by atoms with E-state index in [0.29, 0.717) is 5.75 Å². The average molecular weight is 357 g/mol. The molecule has 3 nitrogen and oxygen atoms in total. The number of para-hydroxylation sites is 1. The molecule has 0 aliphatic heterocycles. The first-order valence-electron chi connectivity index (χ1n) is 8.80. The molecule has 2 aromatic carbocycles. The summed E-state index contributed by atoms with van der Waals surface area (Å²) in [5.41, 5.74) is 3.32. The molecule has 136 valence electrons. The van der Waals surface area contributed by atoms with E-state index in [9.17, 15) is 5.11 Å². The fourth-order valence-corrected chi connectivity index (χ4v) is 5.49. The molecule has 0 radical (unpaired) electrons. The van der Waals surface area contributed by atoms with Crippen LogP contribution in [0.3, 0.4) is 0 Å². The lowest BCUT2D eigenvalue weighted by molar-refractivity contribution is 0.450. The van der Waals surface area contributed by atoms with E-state index in [0.717, 1.165) is 10.8 Å². The smallest absolute Gasteiger partial charge is 0.185 e. The molecule has 0 saturated carbocycles. The van der Waals surface area contributed by atoms with Gasteiger partial charge in [0, 0.05) is 30.7 Å². The first-order chi connectivity index (χ1) is 11.5. The molecule has 25 heavy (non-hydrogen) atoms. The normalized spacial score (nSPS) is 12.2. The third kappa shape index (κ3) is 3.84. The van der Waals surface area contributed by atoms with E-state index < -0.39 is 8.24 Å². The van der Waals surface area contributed by atoms with E-state index in [1.165, 1.54) is 11.4 Å². The van der Waals surface area contributed by atoms with E-state index in [4.69, 9.17) is 0 Å². The van der Waals surface area contributed by atoms with Gasteiger partial charge in [-0.1, -0.05) is 39.0 Å². The maximum atomic E-state index is 11.0. The minimum atomic E-state index is -2.05. The van der Waals surface area contributed by atoms with Crippen LogP contribution in [0.4, 0.5) is 11.4 Å². The number of phenolic OH excluding ortho intramolecular Hbond substituents is 1. The van der Waals surface area contributed by atoms with E-state index >= 15 is 0 Å². The molecule has 0 heterocycles. The van der Waals surface area contributed by atoms with Crippen molar-refractivity contribution < 1.29 is 5.11 Å². The van der Waals surface area contributed by atoms with Crippen LogP contribution >= 0.6 is 0 Å². The Hall–Kier alpha value is -1.94. The number of aromatic hydroxyl groups is 1. The van der Waals surface area contributed by atoms with Crippen LogP contribution in [-0.2, 0) is 5.41 Å². The number of anilines is 2. The Balaban J connectivity index is 2.44. The molecule has 0 aliphatic carbocycles. The number of benzene rings is 2. The van der Waals surface area contributed by atoms with E-state index in [2.05, 4.69) is 86.8 Å². The third-order valence-corrected chi connectivity index (χ3v) is 8.75. The van der Waals surface area contributed by atoms with Crippen LogP contribution in [0.5, 0.6) is 5.75 Å². The van der Waals surface area contributed by atoms with Gasteiger partial charge in [0.2, 0.25) is 0 Å². The van der Waals surface area contributed by atoms with Crippen molar-refractivity contribution in [1.82, 2.24) is 0 Å². The zero-order valence-electron chi connectivity index (χ0n) is 16.9. The lowest BCUT2D eigenvalue weighted by atomic mass is 9.86. The molecule has 1 N–H and O–H groups in total. The summed E-state index contributed by atoms with van der Waals surface area (Å²) in [5, 5.41) is 12.1. The molecule has 0 amide bonds. The zero-order chi connectivity index (χ0) is 19.0. The average Bonchev–Trinajstić information content (AvgIpc) is 2.53. The largest absolute Gasteiger partial charge is 0.508 e. The van der Waals surface area contributed by atoms with Crippen LogP contribution in [0.15, 0.2) is 42.5 Å². The van der Waals surface area contributed by atoms with Crippen molar-refractivity contribution in [3.8, 4) is 5.75 Å². The van der Waals surface area contributed by atoms with Crippen LogP contribution in [-0.4, -0.2) is 34.5 Å². The highest BCUT2D eigenvalue weighted by molar-refractivity contribution is 6.93. The van der Waals surface area contributed by atoms with E-state index in [1.54, 1.807) is 0 Å². The summed E-state index contributed by atoms with van der Waals surface area (Å²) >= 11 is 0. The Morgan fingerprint density at radius 3 is 1.84 bits per heavy atom. The van der Waals surface area contributed by atoms with Crippen LogP contribution < -0.4 is 14.7 Å². The molecule has 0 unspecified atom stereocenters. The van der Waals surface area contributed by atoms with Gasteiger partial charge in [-0.15, -0.1) is 0 Å². The second kappa shape index (κ2) is 6.75. The Morgan fingerprint density at radius 1 is 0.840 bits per heavy atom. The van der Waals surface area contributed by atoms with Gasteiger partial charge in [-0.25, -0.2) is 0 Å². The number of rotatable bonds is 4. The van der Waals surface area contributed by atoms with Crippen molar-refractivity contribution in [2.45, 2.75) is 39.3 Å². The fourth-order valence-electron chi connectivity index (χ4n) is 3.12. The fraction of sp³-hybridized carbons (Fsp3) is 0.429. The van der Waals surface area contributed by atoms with Crippen molar-refractivity contribution in [3.63, 3.8) is 0 Å². The molecule has 0 saturated heterocycles. The Kier molecular flexibility index (Phi) is 5.24. The summed E-state index contributed by atoms with van der Waals surface area (Å²) in [6.07, 6.45) is 0. The van der Waals surface area contributed by atoms with Crippen molar-refractivity contribution in [3.05, 3.63) is 48.0 Å². The first kappa shape index (κ1) is 19.4. The van der Waals surface area contributed by atoms with Crippen LogP contribution in [0.2, 0.25) is 13.1 Å². The molecular weight excluding hydrogens is 324 g/mol. The van der Waals surface area contributed by atoms with Crippen molar-refractivity contribution >= 4 is 24.8 Å². The third-order valence-electron chi connectivity index (χ3n) is 5.10. The maximum absolute atomic E-state index is 11.0. The van der Waals surface area contributed by atoms with Crippen LogP contribution in [0.1, 0.15) is 26.3 Å². The van der Waals surface area contributed by atoms with E-state index in [-0.39, 0.29) is 5.41 Å². The molecule has 0 aromatic heterocycles. The molecule has 2 aromatic rings. The highest BCUT2D eigenvalue weighted by atomic mass is 28.3. The lowest BCUT2D eigenvalue weighted by Gasteiger charge is -2.37. The minimum Gasteiger partial charge on any atom is -0.508 e. The summed E-state index contributed by atoms with van der Waals surface area (Å²) in [6, 6.07) is 14.8. The Morgan fingerprint density at radius 2 is 1.36 bits per heavy atom. The van der Waals surface area contributed by atoms with Gasteiger partial charge in [-0.3, -0.25) is 0 Å².